The van der Waals surface area contributed by atoms with E-state index >= 15 is 0 Å². The van der Waals surface area contributed by atoms with Gasteiger partial charge in [-0.05, 0) is 47.7 Å². The van der Waals surface area contributed by atoms with Crippen LogP contribution in [0.5, 0.6) is 0 Å². The third-order valence-electron chi connectivity index (χ3n) is 9.24. The summed E-state index contributed by atoms with van der Waals surface area (Å²) < 4.78 is 29.5. The monoisotopic (exact) mass is 743 g/mol. The Morgan fingerprint density at radius 3 is 2.39 bits per heavy atom. The van der Waals surface area contributed by atoms with Crippen LogP contribution in [0, 0.1) is 0 Å². The molecular weight excluding hydrogens is 694 g/mol. The lowest BCUT2D eigenvalue weighted by molar-refractivity contribution is -0.133. The molecule has 0 saturated heterocycles. The van der Waals surface area contributed by atoms with Crippen LogP contribution in [0.2, 0.25) is 0 Å². The van der Waals surface area contributed by atoms with Gasteiger partial charge in [0.2, 0.25) is 11.8 Å². The molecule has 1 aliphatic heterocycles. The minimum absolute atomic E-state index is 0.0692. The van der Waals surface area contributed by atoms with Crippen molar-refractivity contribution in [3.8, 4) is 11.3 Å². The molecule has 1 aliphatic rings. The number of likely N-dealkylation sites (N-methyl/N-ethyl adjacent to an activating group) is 1. The lowest BCUT2D eigenvalue weighted by atomic mass is 9.97. The topological polar surface area (TPSA) is 199 Å². The molecule has 2 aromatic carbocycles. The number of nitrogens with two attached hydrogens (primary N) is 2. The fourth-order valence-corrected chi connectivity index (χ4v) is 6.34. The second-order valence-electron chi connectivity index (χ2n) is 13.1. The van der Waals surface area contributed by atoms with E-state index in [0.717, 1.165) is 29.5 Å². The lowest BCUT2D eigenvalue weighted by Crippen LogP contribution is -2.36. The highest BCUT2D eigenvalue weighted by molar-refractivity contribution is 5.99. The Morgan fingerprint density at radius 1 is 0.889 bits per heavy atom. The van der Waals surface area contributed by atoms with E-state index in [9.17, 15) is 9.59 Å². The summed E-state index contributed by atoms with van der Waals surface area (Å²) in [6.07, 6.45) is 3.92. The number of nitrogen functional groups attached to an aromatic ring is 2. The number of aromatic nitrogens is 5. The van der Waals surface area contributed by atoms with Gasteiger partial charge in [-0.1, -0.05) is 25.1 Å². The Hall–Kier alpha value is -5.16. The number of carbonyl (C=O) groups is 2. The van der Waals surface area contributed by atoms with E-state index < -0.39 is 0 Å². The zero-order valence-corrected chi connectivity index (χ0v) is 31.0. The molecule has 288 valence electrons. The van der Waals surface area contributed by atoms with E-state index in [1.165, 1.54) is 11.9 Å². The number of nitrogens with zero attached hydrogens (tertiary/aromatic N) is 7. The minimum atomic E-state index is 0.0692. The second-order valence-corrected chi connectivity index (χ2v) is 13.1. The summed E-state index contributed by atoms with van der Waals surface area (Å²) in [6.45, 7) is 7.75. The maximum absolute atomic E-state index is 13.0. The second kappa shape index (κ2) is 18.7. The number of hydrogen-bond acceptors (Lipinski definition) is 13. The predicted molar refractivity (Wildman–Crippen MR) is 202 cm³/mol. The molecule has 0 radical (unpaired) electrons. The molecule has 3 aromatic heterocycles. The SMILES string of the molecule is CCCC(=O)N(C)CCOCCOCCOCCOCCC(=O)N1CCc2cc(Cn3nc(-c4ccc5oc(N)nc5c4)c4c(N)ncnc43)ccc2C1. The molecule has 16 nitrogen and oxygen atoms in total. The van der Waals surface area contributed by atoms with Gasteiger partial charge in [0.15, 0.2) is 11.2 Å². The van der Waals surface area contributed by atoms with Crippen LogP contribution in [0.1, 0.15) is 42.9 Å². The van der Waals surface area contributed by atoms with Crippen molar-refractivity contribution in [3.63, 3.8) is 0 Å². The van der Waals surface area contributed by atoms with Crippen LogP contribution in [-0.4, -0.2) is 119 Å². The minimum Gasteiger partial charge on any atom is -0.424 e. The summed E-state index contributed by atoms with van der Waals surface area (Å²) in [7, 11) is 1.79. The van der Waals surface area contributed by atoms with E-state index in [-0.39, 0.29) is 17.8 Å². The number of amides is 2. The number of benzene rings is 2. The molecule has 4 heterocycles. The molecule has 5 aromatic rings. The van der Waals surface area contributed by atoms with E-state index in [4.69, 9.17) is 39.9 Å². The van der Waals surface area contributed by atoms with Gasteiger partial charge < -0.3 is 44.6 Å². The van der Waals surface area contributed by atoms with Crippen molar-refractivity contribution in [2.75, 3.05) is 84.5 Å². The van der Waals surface area contributed by atoms with E-state index in [2.05, 4.69) is 33.2 Å². The van der Waals surface area contributed by atoms with Crippen LogP contribution in [0.25, 0.3) is 33.4 Å². The summed E-state index contributed by atoms with van der Waals surface area (Å²) in [5, 5.41) is 5.58. The molecule has 0 fully saturated rings. The Kier molecular flexibility index (Phi) is 13.4. The van der Waals surface area contributed by atoms with Crippen LogP contribution in [0.3, 0.4) is 0 Å². The maximum atomic E-state index is 13.0. The Labute approximate surface area is 313 Å². The summed E-state index contributed by atoms with van der Waals surface area (Å²) in [5.74, 6) is 0.546. The number of rotatable bonds is 20. The Balaban J connectivity index is 0.892. The molecule has 6 rings (SSSR count). The smallest absolute Gasteiger partial charge is 0.292 e. The predicted octanol–water partition coefficient (Wildman–Crippen LogP) is 3.45. The Bertz CT molecular complexity index is 2030. The highest BCUT2D eigenvalue weighted by Crippen LogP contribution is 2.33. The van der Waals surface area contributed by atoms with Crippen molar-refractivity contribution in [3.05, 3.63) is 59.4 Å². The average molecular weight is 744 g/mol. The molecule has 0 unspecified atom stereocenters. The van der Waals surface area contributed by atoms with Crippen molar-refractivity contribution < 1.29 is 33.0 Å². The van der Waals surface area contributed by atoms with Gasteiger partial charge >= 0.3 is 0 Å². The molecule has 0 atom stereocenters. The van der Waals surface area contributed by atoms with Crippen molar-refractivity contribution in [1.29, 1.82) is 0 Å². The normalized spacial score (nSPS) is 12.8. The first-order chi connectivity index (χ1) is 26.3. The summed E-state index contributed by atoms with van der Waals surface area (Å²) in [6, 6.07) is 12.0. The largest absolute Gasteiger partial charge is 0.424 e. The number of anilines is 2. The van der Waals surface area contributed by atoms with Crippen LogP contribution in [-0.2, 0) is 48.0 Å². The highest BCUT2D eigenvalue weighted by Gasteiger charge is 2.22. The third kappa shape index (κ3) is 9.87. The zero-order chi connectivity index (χ0) is 37.9. The van der Waals surface area contributed by atoms with Gasteiger partial charge in [0.1, 0.15) is 23.4 Å². The number of ether oxygens (including phenoxy) is 4. The highest BCUT2D eigenvalue weighted by atomic mass is 16.6. The molecule has 0 saturated carbocycles. The fourth-order valence-electron chi connectivity index (χ4n) is 6.34. The van der Waals surface area contributed by atoms with E-state index in [1.54, 1.807) is 18.0 Å². The van der Waals surface area contributed by atoms with Gasteiger partial charge in [-0.25, -0.2) is 14.6 Å². The first-order valence-corrected chi connectivity index (χ1v) is 18.4. The summed E-state index contributed by atoms with van der Waals surface area (Å²) >= 11 is 0. The number of fused-ring (bicyclic) bond motifs is 3. The van der Waals surface area contributed by atoms with Gasteiger partial charge in [0.25, 0.3) is 6.01 Å². The van der Waals surface area contributed by atoms with Crippen molar-refractivity contribution in [1.82, 2.24) is 34.5 Å². The molecule has 4 N–H and O–H groups in total. The molecule has 2 amide bonds. The Morgan fingerprint density at radius 2 is 1.63 bits per heavy atom. The number of hydrogen-bond donors (Lipinski definition) is 2. The zero-order valence-electron chi connectivity index (χ0n) is 31.0. The van der Waals surface area contributed by atoms with Crippen LogP contribution >= 0.6 is 0 Å². The van der Waals surface area contributed by atoms with Crippen LogP contribution < -0.4 is 11.5 Å². The van der Waals surface area contributed by atoms with Gasteiger partial charge in [-0.15, -0.1) is 0 Å². The fraction of sp³-hybridized carbons (Fsp3) is 0.474. The standard InChI is InChI=1S/C38H49N9O7/c1-3-4-32(48)45(2)12-14-51-16-18-53-20-19-52-17-15-50-13-10-33(49)46-11-9-27-21-26(5-6-29(27)24-46)23-47-37-34(36(39)41-25-42-37)35(44-47)28-7-8-31-30(22-28)43-38(40)54-31/h5-8,21-22,25H,3-4,9-20,23-24H2,1-2H3,(H2,40,43)(H2,39,41,42). The first kappa shape index (κ1) is 38.6. The number of oxazole rings is 1. The summed E-state index contributed by atoms with van der Waals surface area (Å²) in [4.78, 5) is 41.3. The van der Waals surface area contributed by atoms with Gasteiger partial charge in [-0.3, -0.25) is 9.59 Å². The number of carbonyl (C=O) groups excluding carboxylic acids is 2. The third-order valence-corrected chi connectivity index (χ3v) is 9.24. The van der Waals surface area contributed by atoms with E-state index in [1.807, 2.05) is 28.6 Å². The molecule has 54 heavy (non-hydrogen) atoms. The molecule has 0 bridgehead atoms. The van der Waals surface area contributed by atoms with Crippen molar-refractivity contribution in [2.24, 2.45) is 0 Å². The molecule has 16 heteroatoms. The van der Waals surface area contributed by atoms with Gasteiger partial charge in [0.05, 0.1) is 71.2 Å². The first-order valence-electron chi connectivity index (χ1n) is 18.4. The van der Waals surface area contributed by atoms with Crippen molar-refractivity contribution in [2.45, 2.75) is 45.7 Å². The molecular formula is C38H49N9O7. The molecule has 0 spiro atoms. The van der Waals surface area contributed by atoms with Crippen LogP contribution in [0.4, 0.5) is 11.8 Å². The maximum Gasteiger partial charge on any atom is 0.292 e. The van der Waals surface area contributed by atoms with Gasteiger partial charge in [0, 0.05) is 38.7 Å². The van der Waals surface area contributed by atoms with E-state index in [0.29, 0.717) is 126 Å². The lowest BCUT2D eigenvalue weighted by Gasteiger charge is -2.29. The summed E-state index contributed by atoms with van der Waals surface area (Å²) in [5.41, 5.74) is 18.8. The van der Waals surface area contributed by atoms with Gasteiger partial charge in [-0.2, -0.15) is 10.1 Å². The van der Waals surface area contributed by atoms with Crippen LogP contribution in [0.15, 0.2) is 47.1 Å². The van der Waals surface area contributed by atoms with Crippen molar-refractivity contribution >= 4 is 45.8 Å². The average Bonchev–Trinajstić information content (AvgIpc) is 3.74. The quantitative estimate of drug-likeness (QED) is 0.110. The molecule has 0 aliphatic carbocycles.